The molecule has 2 N–H and O–H groups in total. The lowest BCUT2D eigenvalue weighted by atomic mass is 10.1. The number of nitrogen functional groups attached to an aromatic ring is 1. The van der Waals surface area contributed by atoms with Crippen molar-refractivity contribution in [1.82, 2.24) is 9.78 Å². The maximum atomic E-state index is 8.97. The Kier molecular flexibility index (Phi) is 3.66. The monoisotopic (exact) mass is 270 g/mol. The van der Waals surface area contributed by atoms with Crippen LogP contribution in [0.5, 0.6) is 11.6 Å². The van der Waals surface area contributed by atoms with Crippen LogP contribution in [0.25, 0.3) is 0 Å². The molecule has 2 aromatic rings. The molecule has 1 heterocycles. The van der Waals surface area contributed by atoms with Gasteiger partial charge in [0.25, 0.3) is 0 Å². The van der Waals surface area contributed by atoms with Crippen molar-refractivity contribution >= 4 is 5.69 Å². The lowest BCUT2D eigenvalue weighted by molar-refractivity contribution is 0.413. The van der Waals surface area contributed by atoms with Gasteiger partial charge in [-0.05, 0) is 51.0 Å². The van der Waals surface area contributed by atoms with Gasteiger partial charge >= 0.3 is 0 Å². The summed E-state index contributed by atoms with van der Waals surface area (Å²) in [5, 5.41) is 13.3. The molecule has 5 nitrogen and oxygen atoms in total. The summed E-state index contributed by atoms with van der Waals surface area (Å²) in [4.78, 5) is 0. The minimum absolute atomic E-state index is 0.551. The average Bonchev–Trinajstić information content (AvgIpc) is 2.69. The zero-order valence-corrected chi connectivity index (χ0v) is 12.2. The number of anilines is 1. The summed E-state index contributed by atoms with van der Waals surface area (Å²) in [7, 11) is 0. The van der Waals surface area contributed by atoms with E-state index in [0.717, 1.165) is 22.6 Å². The fourth-order valence-electron chi connectivity index (χ4n) is 2.17. The van der Waals surface area contributed by atoms with Gasteiger partial charge in [-0.3, -0.25) is 0 Å². The van der Waals surface area contributed by atoms with Crippen LogP contribution in [-0.4, -0.2) is 9.78 Å². The van der Waals surface area contributed by atoms with E-state index in [1.807, 2.05) is 27.7 Å². The number of nitrogens with two attached hydrogens (primary N) is 1. The first-order valence-electron chi connectivity index (χ1n) is 6.50. The highest BCUT2D eigenvalue weighted by molar-refractivity contribution is 5.56. The minimum Gasteiger partial charge on any atom is -0.437 e. The molecule has 1 aromatic heterocycles. The third kappa shape index (κ3) is 2.32. The second-order valence-corrected chi connectivity index (χ2v) is 4.77. The third-order valence-corrected chi connectivity index (χ3v) is 3.21. The lowest BCUT2D eigenvalue weighted by Gasteiger charge is -2.13. The van der Waals surface area contributed by atoms with E-state index >= 15 is 0 Å². The Bertz CT molecular complexity index is 672. The van der Waals surface area contributed by atoms with Crippen LogP contribution >= 0.6 is 0 Å². The van der Waals surface area contributed by atoms with Gasteiger partial charge in [0.15, 0.2) is 0 Å². The van der Waals surface area contributed by atoms with E-state index in [-0.39, 0.29) is 0 Å². The number of hydrogen-bond acceptors (Lipinski definition) is 4. The van der Waals surface area contributed by atoms with Crippen LogP contribution in [0, 0.1) is 32.1 Å². The molecule has 0 saturated carbocycles. The molecule has 0 unspecified atom stereocenters. The molecule has 0 radical (unpaired) electrons. The summed E-state index contributed by atoms with van der Waals surface area (Å²) in [6.45, 7) is 8.35. The Balaban J connectivity index is 2.48. The first-order chi connectivity index (χ1) is 9.47. The number of rotatable bonds is 3. The van der Waals surface area contributed by atoms with Crippen LogP contribution in [0.2, 0.25) is 0 Å². The standard InChI is InChI=1S/C15H18N4O/c1-5-19-15(13(17)11(4)18-19)20-14-9(2)6-12(8-16)7-10(14)3/h6-7H,5,17H2,1-4H3. The zero-order valence-electron chi connectivity index (χ0n) is 12.2. The maximum Gasteiger partial charge on any atom is 0.241 e. The molecular weight excluding hydrogens is 252 g/mol. The second-order valence-electron chi connectivity index (χ2n) is 4.77. The molecule has 0 spiro atoms. The van der Waals surface area contributed by atoms with Crippen LogP contribution in [0.3, 0.4) is 0 Å². The number of hydrogen-bond donors (Lipinski definition) is 1. The van der Waals surface area contributed by atoms with E-state index in [4.69, 9.17) is 15.7 Å². The van der Waals surface area contributed by atoms with Crippen molar-refractivity contribution in [2.45, 2.75) is 34.2 Å². The van der Waals surface area contributed by atoms with Gasteiger partial charge in [-0.1, -0.05) is 0 Å². The van der Waals surface area contributed by atoms with E-state index in [1.54, 1.807) is 16.8 Å². The van der Waals surface area contributed by atoms with Crippen LogP contribution in [0.4, 0.5) is 5.69 Å². The summed E-state index contributed by atoms with van der Waals surface area (Å²) >= 11 is 0. The van der Waals surface area contributed by atoms with Crippen molar-refractivity contribution in [3.05, 3.63) is 34.5 Å². The molecule has 0 fully saturated rings. The smallest absolute Gasteiger partial charge is 0.241 e. The van der Waals surface area contributed by atoms with Crippen molar-refractivity contribution in [3.63, 3.8) is 0 Å². The van der Waals surface area contributed by atoms with Gasteiger partial charge in [0.2, 0.25) is 5.88 Å². The Morgan fingerprint density at radius 3 is 2.40 bits per heavy atom. The lowest BCUT2D eigenvalue weighted by Crippen LogP contribution is -2.02. The van der Waals surface area contributed by atoms with E-state index in [2.05, 4.69) is 11.2 Å². The fourth-order valence-corrected chi connectivity index (χ4v) is 2.17. The molecule has 0 aliphatic heterocycles. The molecule has 0 amide bonds. The SMILES string of the molecule is CCn1nc(C)c(N)c1Oc1c(C)cc(C#N)cc1C. The summed E-state index contributed by atoms with van der Waals surface area (Å²) in [5.41, 5.74) is 9.76. The van der Waals surface area contributed by atoms with Crippen LogP contribution in [0.15, 0.2) is 12.1 Å². The molecule has 5 heteroatoms. The number of nitriles is 1. The van der Waals surface area contributed by atoms with Crippen molar-refractivity contribution in [2.24, 2.45) is 0 Å². The molecule has 0 atom stereocenters. The van der Waals surface area contributed by atoms with Gasteiger partial charge in [-0.2, -0.15) is 10.4 Å². The van der Waals surface area contributed by atoms with Crippen molar-refractivity contribution in [2.75, 3.05) is 5.73 Å². The van der Waals surface area contributed by atoms with Gasteiger partial charge in [0.05, 0.1) is 17.3 Å². The molecule has 0 bridgehead atoms. The third-order valence-electron chi connectivity index (χ3n) is 3.21. The van der Waals surface area contributed by atoms with E-state index in [0.29, 0.717) is 23.7 Å². The van der Waals surface area contributed by atoms with Gasteiger partial charge in [-0.15, -0.1) is 0 Å². The van der Waals surface area contributed by atoms with Crippen LogP contribution in [-0.2, 0) is 6.54 Å². The predicted molar refractivity (Wildman–Crippen MR) is 77.8 cm³/mol. The Morgan fingerprint density at radius 1 is 1.30 bits per heavy atom. The summed E-state index contributed by atoms with van der Waals surface area (Å²) in [5.74, 6) is 1.28. The van der Waals surface area contributed by atoms with Crippen LogP contribution < -0.4 is 10.5 Å². The Hall–Kier alpha value is -2.48. The average molecular weight is 270 g/mol. The number of ether oxygens (including phenoxy) is 1. The molecular formula is C15H18N4O. The topological polar surface area (TPSA) is 76.9 Å². The molecule has 1 aromatic carbocycles. The summed E-state index contributed by atoms with van der Waals surface area (Å²) in [6, 6.07) is 5.75. The highest BCUT2D eigenvalue weighted by Crippen LogP contribution is 2.34. The van der Waals surface area contributed by atoms with E-state index < -0.39 is 0 Å². The van der Waals surface area contributed by atoms with Crippen molar-refractivity contribution < 1.29 is 4.74 Å². The number of aryl methyl sites for hydroxylation is 4. The number of nitrogens with zero attached hydrogens (tertiary/aromatic N) is 3. The van der Waals surface area contributed by atoms with Gasteiger partial charge in [-0.25, -0.2) is 4.68 Å². The van der Waals surface area contributed by atoms with Crippen molar-refractivity contribution in [1.29, 1.82) is 5.26 Å². The quantitative estimate of drug-likeness (QED) is 0.929. The fraction of sp³-hybridized carbons (Fsp3) is 0.333. The van der Waals surface area contributed by atoms with Gasteiger partial charge in [0.1, 0.15) is 11.4 Å². The molecule has 0 saturated heterocycles. The highest BCUT2D eigenvalue weighted by atomic mass is 16.5. The van der Waals surface area contributed by atoms with E-state index in [9.17, 15) is 0 Å². The molecule has 20 heavy (non-hydrogen) atoms. The highest BCUT2D eigenvalue weighted by Gasteiger charge is 2.16. The Morgan fingerprint density at radius 2 is 1.90 bits per heavy atom. The molecule has 0 aliphatic carbocycles. The van der Waals surface area contributed by atoms with Gasteiger partial charge < -0.3 is 10.5 Å². The molecule has 0 aliphatic rings. The summed E-state index contributed by atoms with van der Waals surface area (Å²) < 4.78 is 7.72. The van der Waals surface area contributed by atoms with Gasteiger partial charge in [0, 0.05) is 6.54 Å². The maximum absolute atomic E-state index is 8.97. The second kappa shape index (κ2) is 5.25. The first-order valence-corrected chi connectivity index (χ1v) is 6.50. The number of benzene rings is 1. The molecule has 2 rings (SSSR count). The normalized spacial score (nSPS) is 10.3. The summed E-state index contributed by atoms with van der Waals surface area (Å²) in [6.07, 6.45) is 0. The van der Waals surface area contributed by atoms with Crippen LogP contribution in [0.1, 0.15) is 29.3 Å². The minimum atomic E-state index is 0.551. The number of aromatic nitrogens is 2. The largest absolute Gasteiger partial charge is 0.437 e. The predicted octanol–water partition coefficient (Wildman–Crippen LogP) is 3.07. The Labute approximate surface area is 118 Å². The molecule has 104 valence electrons. The first kappa shape index (κ1) is 13.9. The zero-order chi connectivity index (χ0) is 14.9. The van der Waals surface area contributed by atoms with E-state index in [1.165, 1.54) is 0 Å². The van der Waals surface area contributed by atoms with Crippen molar-refractivity contribution in [3.8, 4) is 17.7 Å².